The minimum atomic E-state index is -1.72. The minimum absolute atomic E-state index is 0.0405. The summed E-state index contributed by atoms with van der Waals surface area (Å²) in [7, 11) is -1.72. The van der Waals surface area contributed by atoms with Crippen molar-refractivity contribution in [1.82, 2.24) is 10.6 Å². The lowest BCUT2D eigenvalue weighted by molar-refractivity contribution is -0.134. The summed E-state index contributed by atoms with van der Waals surface area (Å²) in [4.78, 5) is 37.3. The van der Waals surface area contributed by atoms with Crippen molar-refractivity contribution in [2.75, 3.05) is 18.0 Å². The highest BCUT2D eigenvalue weighted by Gasteiger charge is 2.40. The second kappa shape index (κ2) is 9.85. The first-order chi connectivity index (χ1) is 16.4. The number of carbonyl (C=O) groups excluding carboxylic acids is 3. The minimum Gasteiger partial charge on any atom is -0.446 e. The maximum atomic E-state index is 14.7. The summed E-state index contributed by atoms with van der Waals surface area (Å²) in [5.41, 5.74) is 0.529. The number of ether oxygens (including phenoxy) is 1. The number of carbonyl (C=O) groups is 3. The van der Waals surface area contributed by atoms with Crippen LogP contribution in [0, 0.1) is 11.6 Å². The molecular formula is C24H33F2N3O5Si. The zero-order valence-corrected chi connectivity index (χ0v) is 21.5. The second-order valence-electron chi connectivity index (χ2n) is 10.6. The van der Waals surface area contributed by atoms with Crippen LogP contribution < -0.4 is 15.5 Å². The summed E-state index contributed by atoms with van der Waals surface area (Å²) in [5, 5.41) is 4.92. The Labute approximate surface area is 204 Å². The van der Waals surface area contributed by atoms with Gasteiger partial charge in [0, 0.05) is 43.6 Å². The van der Waals surface area contributed by atoms with E-state index in [1.807, 2.05) is 0 Å². The number of nitrogens with one attached hydrogen (secondary N) is 2. The number of piperidine rings is 1. The molecule has 2 heterocycles. The smallest absolute Gasteiger partial charge is 0.407 e. The van der Waals surface area contributed by atoms with Crippen molar-refractivity contribution in [3.05, 3.63) is 29.3 Å². The molecule has 3 fully saturated rings. The van der Waals surface area contributed by atoms with Crippen LogP contribution in [0.2, 0.25) is 18.6 Å². The molecule has 4 rings (SSSR count). The SMILES string of the molecule is CC(C)[Si](C)(C)OC1CC(OC(=O)NC2CN(c3cc(F)c([C@@H]4CCC(=O)NC4=O)c(F)c3)C2)C1. The molecular weight excluding hydrogens is 476 g/mol. The van der Waals surface area contributed by atoms with Gasteiger partial charge in [0.1, 0.15) is 17.7 Å². The molecule has 35 heavy (non-hydrogen) atoms. The molecule has 0 aromatic heterocycles. The van der Waals surface area contributed by atoms with E-state index in [0.29, 0.717) is 37.2 Å². The molecule has 1 aliphatic carbocycles. The summed E-state index contributed by atoms with van der Waals surface area (Å²) in [6.45, 7) is 9.50. The Balaban J connectivity index is 1.23. The number of hydrogen-bond acceptors (Lipinski definition) is 6. The van der Waals surface area contributed by atoms with Crippen LogP contribution in [0.1, 0.15) is 51.0 Å². The Hall–Kier alpha value is -2.53. The van der Waals surface area contributed by atoms with Gasteiger partial charge in [-0.05, 0) is 37.2 Å². The third-order valence-electron chi connectivity index (χ3n) is 7.41. The molecule has 1 aromatic rings. The fourth-order valence-corrected chi connectivity index (χ4v) is 5.79. The van der Waals surface area contributed by atoms with Crippen LogP contribution in [0.4, 0.5) is 19.3 Å². The Morgan fingerprint density at radius 2 is 1.77 bits per heavy atom. The van der Waals surface area contributed by atoms with Crippen LogP contribution >= 0.6 is 0 Å². The van der Waals surface area contributed by atoms with E-state index in [0.717, 1.165) is 0 Å². The molecule has 0 bridgehead atoms. The molecule has 3 aliphatic rings. The van der Waals surface area contributed by atoms with Gasteiger partial charge in [-0.25, -0.2) is 13.6 Å². The van der Waals surface area contributed by atoms with Crippen LogP contribution in [-0.2, 0) is 18.8 Å². The fourth-order valence-electron chi connectivity index (χ4n) is 4.46. The van der Waals surface area contributed by atoms with Gasteiger partial charge in [0.2, 0.25) is 11.8 Å². The molecule has 192 valence electrons. The van der Waals surface area contributed by atoms with Gasteiger partial charge in [0.05, 0.1) is 18.1 Å². The number of nitrogens with zero attached hydrogens (tertiary/aromatic N) is 1. The Kier molecular flexibility index (Phi) is 7.19. The molecule has 1 aromatic carbocycles. The van der Waals surface area contributed by atoms with Crippen molar-refractivity contribution in [2.24, 2.45) is 0 Å². The maximum absolute atomic E-state index is 14.7. The van der Waals surface area contributed by atoms with Gasteiger partial charge in [0.15, 0.2) is 8.32 Å². The van der Waals surface area contributed by atoms with E-state index < -0.39 is 43.8 Å². The predicted octanol–water partition coefficient (Wildman–Crippen LogP) is 3.56. The maximum Gasteiger partial charge on any atom is 0.407 e. The van der Waals surface area contributed by atoms with Crippen LogP contribution in [-0.4, -0.2) is 57.6 Å². The molecule has 0 radical (unpaired) electrons. The van der Waals surface area contributed by atoms with Gasteiger partial charge in [-0.15, -0.1) is 0 Å². The lowest BCUT2D eigenvalue weighted by Crippen LogP contribution is -2.60. The van der Waals surface area contributed by atoms with Crippen LogP contribution in [0.5, 0.6) is 0 Å². The number of alkyl carbamates (subject to hydrolysis) is 1. The lowest BCUT2D eigenvalue weighted by Gasteiger charge is -2.43. The predicted molar refractivity (Wildman–Crippen MR) is 128 cm³/mol. The highest BCUT2D eigenvalue weighted by molar-refractivity contribution is 6.72. The summed E-state index contributed by atoms with van der Waals surface area (Å²) < 4.78 is 41.1. The topological polar surface area (TPSA) is 97.0 Å². The van der Waals surface area contributed by atoms with Crippen LogP contribution in [0.15, 0.2) is 12.1 Å². The van der Waals surface area contributed by atoms with Gasteiger partial charge in [-0.2, -0.15) is 0 Å². The third kappa shape index (κ3) is 5.66. The van der Waals surface area contributed by atoms with E-state index in [4.69, 9.17) is 9.16 Å². The summed E-state index contributed by atoms with van der Waals surface area (Å²) in [6, 6.07) is 2.18. The van der Waals surface area contributed by atoms with Crippen molar-refractivity contribution < 1.29 is 32.3 Å². The second-order valence-corrected chi connectivity index (χ2v) is 15.2. The first-order valence-electron chi connectivity index (χ1n) is 12.2. The number of hydrogen-bond donors (Lipinski definition) is 2. The van der Waals surface area contributed by atoms with E-state index in [1.165, 1.54) is 12.1 Å². The largest absolute Gasteiger partial charge is 0.446 e. The van der Waals surface area contributed by atoms with E-state index in [-0.39, 0.29) is 36.7 Å². The molecule has 3 amide bonds. The molecule has 8 nitrogen and oxygen atoms in total. The number of imide groups is 1. The van der Waals surface area contributed by atoms with Crippen molar-refractivity contribution in [3.8, 4) is 0 Å². The van der Waals surface area contributed by atoms with Gasteiger partial charge < -0.3 is 19.4 Å². The van der Waals surface area contributed by atoms with Gasteiger partial charge in [-0.3, -0.25) is 14.9 Å². The first-order valence-corrected chi connectivity index (χ1v) is 15.1. The Morgan fingerprint density at radius 1 is 1.14 bits per heavy atom. The van der Waals surface area contributed by atoms with E-state index in [2.05, 4.69) is 37.6 Å². The molecule has 11 heteroatoms. The van der Waals surface area contributed by atoms with Crippen molar-refractivity contribution in [2.45, 2.75) is 82.3 Å². The number of rotatable bonds is 7. The van der Waals surface area contributed by atoms with E-state index >= 15 is 0 Å². The average Bonchev–Trinajstić information content (AvgIpc) is 2.69. The highest BCUT2D eigenvalue weighted by atomic mass is 28.4. The fraction of sp³-hybridized carbons (Fsp3) is 0.625. The molecule has 0 unspecified atom stereocenters. The van der Waals surface area contributed by atoms with Gasteiger partial charge in [-0.1, -0.05) is 13.8 Å². The number of amides is 3. The molecule has 2 aliphatic heterocycles. The van der Waals surface area contributed by atoms with Crippen LogP contribution in [0.25, 0.3) is 0 Å². The first kappa shape index (κ1) is 25.6. The molecule has 1 saturated carbocycles. The zero-order valence-electron chi connectivity index (χ0n) is 20.5. The monoisotopic (exact) mass is 509 g/mol. The molecule has 2 saturated heterocycles. The Morgan fingerprint density at radius 3 is 2.34 bits per heavy atom. The summed E-state index contributed by atoms with van der Waals surface area (Å²) >= 11 is 0. The average molecular weight is 510 g/mol. The van der Waals surface area contributed by atoms with Crippen molar-refractivity contribution in [1.29, 1.82) is 0 Å². The van der Waals surface area contributed by atoms with E-state index in [1.54, 1.807) is 4.90 Å². The van der Waals surface area contributed by atoms with Gasteiger partial charge in [0.25, 0.3) is 0 Å². The van der Waals surface area contributed by atoms with Crippen molar-refractivity contribution in [3.63, 3.8) is 0 Å². The Bertz CT molecular complexity index is 986. The number of benzene rings is 1. The number of halogens is 2. The standard InChI is InChI=1S/C24H33F2N3O5Si/c1-13(2)35(3,4)34-17-9-16(10-17)33-24(32)27-14-11-29(12-14)15-7-19(25)22(20(26)8-15)18-5-6-21(30)28-23(18)31/h7-8,13-14,16-18H,5-6,9-12H2,1-4H3,(H,27,32)(H,28,30,31)/t16?,17?,18-/m0/s1. The normalized spacial score (nSPS) is 25.1. The zero-order chi connectivity index (χ0) is 25.5. The molecule has 1 atom stereocenters. The molecule has 2 N–H and O–H groups in total. The van der Waals surface area contributed by atoms with Crippen LogP contribution in [0.3, 0.4) is 0 Å². The number of anilines is 1. The third-order valence-corrected chi connectivity index (χ3v) is 11.1. The van der Waals surface area contributed by atoms with Crippen molar-refractivity contribution >= 4 is 31.9 Å². The van der Waals surface area contributed by atoms with Gasteiger partial charge >= 0.3 is 6.09 Å². The highest BCUT2D eigenvalue weighted by Crippen LogP contribution is 2.34. The quantitative estimate of drug-likeness (QED) is 0.431. The van der Waals surface area contributed by atoms with E-state index in [9.17, 15) is 23.2 Å². The lowest BCUT2D eigenvalue weighted by atomic mass is 9.89. The molecule has 0 spiro atoms. The summed E-state index contributed by atoms with van der Waals surface area (Å²) in [6.07, 6.45) is 1.00. The summed E-state index contributed by atoms with van der Waals surface area (Å²) in [5.74, 6) is -3.80.